The fourth-order valence-corrected chi connectivity index (χ4v) is 3.01. The SMILES string of the molecule is CC(C)[C@@H]1C[C@H](c2ccccc2)ON1Cc1ccccc1. The Morgan fingerprint density at radius 2 is 1.62 bits per heavy atom. The second kappa shape index (κ2) is 6.42. The van der Waals surface area contributed by atoms with Crippen LogP contribution in [0.3, 0.4) is 0 Å². The van der Waals surface area contributed by atoms with Crippen LogP contribution in [0.4, 0.5) is 0 Å². The Labute approximate surface area is 127 Å². The molecular formula is C19H23NO. The third kappa shape index (κ3) is 3.34. The van der Waals surface area contributed by atoms with Crippen LogP contribution in [0.15, 0.2) is 60.7 Å². The van der Waals surface area contributed by atoms with Crippen LogP contribution >= 0.6 is 0 Å². The van der Waals surface area contributed by atoms with Gasteiger partial charge in [-0.2, -0.15) is 5.06 Å². The monoisotopic (exact) mass is 281 g/mol. The summed E-state index contributed by atoms with van der Waals surface area (Å²) in [6, 6.07) is 21.6. The van der Waals surface area contributed by atoms with Gasteiger partial charge in [0.1, 0.15) is 6.10 Å². The Bertz CT molecular complexity index is 552. The molecule has 0 bridgehead atoms. The van der Waals surface area contributed by atoms with E-state index in [1.165, 1.54) is 11.1 Å². The van der Waals surface area contributed by atoms with Crippen LogP contribution < -0.4 is 0 Å². The molecule has 2 aromatic rings. The van der Waals surface area contributed by atoms with Crippen molar-refractivity contribution in [2.75, 3.05) is 0 Å². The topological polar surface area (TPSA) is 12.5 Å². The predicted octanol–water partition coefficient (Wildman–Crippen LogP) is 4.59. The van der Waals surface area contributed by atoms with Gasteiger partial charge in [-0.25, -0.2) is 0 Å². The van der Waals surface area contributed by atoms with Crippen LogP contribution in [0.2, 0.25) is 0 Å². The van der Waals surface area contributed by atoms with Crippen molar-refractivity contribution in [3.05, 3.63) is 71.8 Å². The molecule has 1 saturated heterocycles. The first kappa shape index (κ1) is 14.3. The number of hydroxylamine groups is 2. The molecule has 0 unspecified atom stereocenters. The normalized spacial score (nSPS) is 22.8. The molecule has 0 aliphatic carbocycles. The first-order valence-electron chi connectivity index (χ1n) is 7.76. The first-order valence-corrected chi connectivity index (χ1v) is 7.76. The molecule has 1 aliphatic rings. The highest BCUT2D eigenvalue weighted by atomic mass is 16.7. The molecule has 2 heteroatoms. The summed E-state index contributed by atoms with van der Waals surface area (Å²) >= 11 is 0. The van der Waals surface area contributed by atoms with E-state index in [0.717, 1.165) is 13.0 Å². The third-order valence-corrected chi connectivity index (χ3v) is 4.21. The molecular weight excluding hydrogens is 258 g/mol. The van der Waals surface area contributed by atoms with Crippen molar-refractivity contribution >= 4 is 0 Å². The Hall–Kier alpha value is -1.64. The number of nitrogens with zero attached hydrogens (tertiary/aromatic N) is 1. The predicted molar refractivity (Wildman–Crippen MR) is 85.5 cm³/mol. The van der Waals surface area contributed by atoms with Crippen LogP contribution in [-0.2, 0) is 11.4 Å². The Morgan fingerprint density at radius 1 is 1.00 bits per heavy atom. The summed E-state index contributed by atoms with van der Waals surface area (Å²) in [5.74, 6) is 0.586. The highest BCUT2D eigenvalue weighted by Crippen LogP contribution is 2.37. The summed E-state index contributed by atoms with van der Waals surface area (Å²) in [5.41, 5.74) is 2.58. The standard InChI is InChI=1S/C19H23NO/c1-15(2)18-13-19(17-11-7-4-8-12-17)21-20(18)14-16-9-5-3-6-10-16/h3-12,15,18-19H,13-14H2,1-2H3/t18-,19+/m0/s1. The lowest BCUT2D eigenvalue weighted by molar-refractivity contribution is -0.176. The first-order chi connectivity index (χ1) is 10.2. The van der Waals surface area contributed by atoms with Gasteiger partial charge in [-0.1, -0.05) is 74.5 Å². The van der Waals surface area contributed by atoms with E-state index in [0.29, 0.717) is 12.0 Å². The fourth-order valence-electron chi connectivity index (χ4n) is 3.01. The van der Waals surface area contributed by atoms with Gasteiger partial charge in [-0.05, 0) is 23.5 Å². The number of benzene rings is 2. The minimum absolute atomic E-state index is 0.183. The molecule has 3 rings (SSSR count). The zero-order valence-electron chi connectivity index (χ0n) is 12.8. The second-order valence-electron chi connectivity index (χ2n) is 6.11. The maximum Gasteiger partial charge on any atom is 0.106 e. The van der Waals surface area contributed by atoms with Crippen LogP contribution in [0.5, 0.6) is 0 Å². The molecule has 0 N–H and O–H groups in total. The summed E-state index contributed by atoms with van der Waals surface area (Å²) in [6.07, 6.45) is 1.25. The van der Waals surface area contributed by atoms with Gasteiger partial charge >= 0.3 is 0 Å². The van der Waals surface area contributed by atoms with E-state index in [-0.39, 0.29) is 6.10 Å². The summed E-state index contributed by atoms with van der Waals surface area (Å²) in [4.78, 5) is 6.26. The van der Waals surface area contributed by atoms with Crippen molar-refractivity contribution in [1.82, 2.24) is 5.06 Å². The highest BCUT2D eigenvalue weighted by molar-refractivity contribution is 5.19. The van der Waals surface area contributed by atoms with Gasteiger partial charge in [0.2, 0.25) is 0 Å². The quantitative estimate of drug-likeness (QED) is 0.812. The van der Waals surface area contributed by atoms with Crippen molar-refractivity contribution < 1.29 is 4.84 Å². The van der Waals surface area contributed by atoms with Crippen molar-refractivity contribution in [1.29, 1.82) is 0 Å². The molecule has 0 spiro atoms. The number of hydrogen-bond acceptors (Lipinski definition) is 2. The molecule has 0 saturated carbocycles. The summed E-state index contributed by atoms with van der Waals surface area (Å²) in [6.45, 7) is 5.41. The average molecular weight is 281 g/mol. The minimum Gasteiger partial charge on any atom is -0.290 e. The van der Waals surface area contributed by atoms with Crippen LogP contribution in [0.1, 0.15) is 37.5 Å². The summed E-state index contributed by atoms with van der Waals surface area (Å²) in [5, 5.41) is 2.18. The molecule has 0 amide bonds. The molecule has 2 aromatic carbocycles. The van der Waals surface area contributed by atoms with E-state index >= 15 is 0 Å². The highest BCUT2D eigenvalue weighted by Gasteiger charge is 2.35. The zero-order chi connectivity index (χ0) is 14.7. The van der Waals surface area contributed by atoms with E-state index in [2.05, 4.69) is 79.6 Å². The molecule has 110 valence electrons. The largest absolute Gasteiger partial charge is 0.290 e. The lowest BCUT2D eigenvalue weighted by Crippen LogP contribution is -2.31. The van der Waals surface area contributed by atoms with Crippen LogP contribution in [-0.4, -0.2) is 11.1 Å². The lowest BCUT2D eigenvalue weighted by Gasteiger charge is -2.25. The van der Waals surface area contributed by atoms with Crippen molar-refractivity contribution in [2.24, 2.45) is 5.92 Å². The Morgan fingerprint density at radius 3 is 2.24 bits per heavy atom. The average Bonchev–Trinajstić information content (AvgIpc) is 2.93. The van der Waals surface area contributed by atoms with Crippen LogP contribution in [0, 0.1) is 5.92 Å². The van der Waals surface area contributed by atoms with E-state index < -0.39 is 0 Å². The minimum atomic E-state index is 0.183. The maximum atomic E-state index is 6.26. The van der Waals surface area contributed by atoms with Crippen molar-refractivity contribution in [3.63, 3.8) is 0 Å². The summed E-state index contributed by atoms with van der Waals surface area (Å²) in [7, 11) is 0. The molecule has 0 radical (unpaired) electrons. The van der Waals surface area contributed by atoms with Crippen molar-refractivity contribution in [2.45, 2.75) is 39.0 Å². The lowest BCUT2D eigenvalue weighted by atomic mass is 9.95. The van der Waals surface area contributed by atoms with Gasteiger partial charge in [0.15, 0.2) is 0 Å². The van der Waals surface area contributed by atoms with Gasteiger partial charge in [0, 0.05) is 12.6 Å². The maximum absolute atomic E-state index is 6.26. The molecule has 0 aromatic heterocycles. The molecule has 2 nitrogen and oxygen atoms in total. The van der Waals surface area contributed by atoms with E-state index in [9.17, 15) is 0 Å². The van der Waals surface area contributed by atoms with E-state index in [4.69, 9.17) is 4.84 Å². The van der Waals surface area contributed by atoms with E-state index in [1.54, 1.807) is 0 Å². The van der Waals surface area contributed by atoms with Crippen LogP contribution in [0.25, 0.3) is 0 Å². The van der Waals surface area contributed by atoms with Gasteiger partial charge < -0.3 is 0 Å². The fraction of sp³-hybridized carbons (Fsp3) is 0.368. The molecule has 1 aliphatic heterocycles. The molecule has 1 heterocycles. The van der Waals surface area contributed by atoms with Gasteiger partial charge in [0.25, 0.3) is 0 Å². The zero-order valence-corrected chi connectivity index (χ0v) is 12.8. The smallest absolute Gasteiger partial charge is 0.106 e. The summed E-state index contributed by atoms with van der Waals surface area (Å²) < 4.78 is 0. The molecule has 2 atom stereocenters. The third-order valence-electron chi connectivity index (χ3n) is 4.21. The number of rotatable bonds is 4. The Kier molecular flexibility index (Phi) is 4.37. The van der Waals surface area contributed by atoms with Gasteiger partial charge in [-0.15, -0.1) is 0 Å². The second-order valence-corrected chi connectivity index (χ2v) is 6.11. The van der Waals surface area contributed by atoms with Gasteiger partial charge in [-0.3, -0.25) is 4.84 Å². The van der Waals surface area contributed by atoms with Gasteiger partial charge in [0.05, 0.1) is 0 Å². The van der Waals surface area contributed by atoms with Crippen molar-refractivity contribution in [3.8, 4) is 0 Å². The Balaban J connectivity index is 1.76. The molecule has 1 fully saturated rings. The van der Waals surface area contributed by atoms with E-state index in [1.807, 2.05) is 0 Å². The molecule has 21 heavy (non-hydrogen) atoms. The number of hydrogen-bond donors (Lipinski definition) is 0.